The fraction of sp³-hybridized carbons (Fsp3) is 0.562. The SMILES string of the molecule is CCn1cc([N+](=O)[O-])c(C(=O)NCCCn2nc(C(F)(F)F)cc2C2CC2)n1. The van der Waals surface area contributed by atoms with Gasteiger partial charge in [0.25, 0.3) is 5.91 Å². The van der Waals surface area contributed by atoms with E-state index in [9.17, 15) is 28.1 Å². The minimum atomic E-state index is -4.50. The minimum Gasteiger partial charge on any atom is -0.350 e. The van der Waals surface area contributed by atoms with Gasteiger partial charge in [0.2, 0.25) is 5.69 Å². The minimum absolute atomic E-state index is 0.0962. The molecule has 2 aromatic rings. The zero-order valence-electron chi connectivity index (χ0n) is 15.1. The first-order valence-electron chi connectivity index (χ1n) is 8.85. The summed E-state index contributed by atoms with van der Waals surface area (Å²) in [6, 6.07) is 1.08. The van der Waals surface area contributed by atoms with Crippen molar-refractivity contribution in [3.8, 4) is 0 Å². The summed E-state index contributed by atoms with van der Waals surface area (Å²) in [5.41, 5.74) is -1.05. The van der Waals surface area contributed by atoms with Crippen LogP contribution in [-0.4, -0.2) is 36.9 Å². The molecule has 1 aliphatic rings. The molecule has 3 rings (SSSR count). The van der Waals surface area contributed by atoms with Gasteiger partial charge in [-0.05, 0) is 32.3 Å². The van der Waals surface area contributed by atoms with Gasteiger partial charge in [0.15, 0.2) is 5.69 Å². The number of amides is 1. The van der Waals surface area contributed by atoms with Crippen LogP contribution < -0.4 is 5.32 Å². The third-order valence-electron chi connectivity index (χ3n) is 4.41. The molecule has 28 heavy (non-hydrogen) atoms. The fourth-order valence-corrected chi connectivity index (χ4v) is 2.84. The summed E-state index contributed by atoms with van der Waals surface area (Å²) in [6.45, 7) is 2.43. The number of carbonyl (C=O) groups is 1. The molecular formula is C16H19F3N6O3. The molecule has 9 nitrogen and oxygen atoms in total. The highest BCUT2D eigenvalue weighted by Crippen LogP contribution is 2.42. The number of aryl methyl sites for hydroxylation is 2. The number of hydrogen-bond acceptors (Lipinski definition) is 5. The van der Waals surface area contributed by atoms with Gasteiger partial charge in [-0.15, -0.1) is 0 Å². The lowest BCUT2D eigenvalue weighted by Gasteiger charge is -2.07. The molecule has 152 valence electrons. The molecule has 0 unspecified atom stereocenters. The lowest BCUT2D eigenvalue weighted by atomic mass is 10.2. The van der Waals surface area contributed by atoms with Crippen molar-refractivity contribution >= 4 is 11.6 Å². The molecule has 1 saturated carbocycles. The molecule has 1 N–H and O–H groups in total. The van der Waals surface area contributed by atoms with E-state index in [1.54, 1.807) is 6.92 Å². The molecule has 12 heteroatoms. The summed E-state index contributed by atoms with van der Waals surface area (Å²) in [5, 5.41) is 21.1. The van der Waals surface area contributed by atoms with Gasteiger partial charge in [0.1, 0.15) is 6.20 Å². The second kappa shape index (κ2) is 7.60. The van der Waals surface area contributed by atoms with Crippen LogP contribution in [0, 0.1) is 10.1 Å². The Morgan fingerprint density at radius 2 is 2.11 bits per heavy atom. The molecule has 0 aromatic carbocycles. The highest BCUT2D eigenvalue weighted by molar-refractivity contribution is 5.95. The van der Waals surface area contributed by atoms with Gasteiger partial charge >= 0.3 is 11.9 Å². The Morgan fingerprint density at radius 1 is 1.39 bits per heavy atom. The van der Waals surface area contributed by atoms with Crippen molar-refractivity contribution in [3.63, 3.8) is 0 Å². The van der Waals surface area contributed by atoms with Gasteiger partial charge in [0, 0.05) is 31.2 Å². The number of carbonyl (C=O) groups excluding carboxylic acids is 1. The van der Waals surface area contributed by atoms with E-state index in [0.29, 0.717) is 18.7 Å². The monoisotopic (exact) mass is 400 g/mol. The Balaban J connectivity index is 1.59. The van der Waals surface area contributed by atoms with Crippen LogP contribution >= 0.6 is 0 Å². The molecule has 0 radical (unpaired) electrons. The van der Waals surface area contributed by atoms with Crippen LogP contribution in [0.4, 0.5) is 18.9 Å². The molecule has 0 spiro atoms. The van der Waals surface area contributed by atoms with Gasteiger partial charge in [-0.1, -0.05) is 0 Å². The second-order valence-corrected chi connectivity index (χ2v) is 6.53. The van der Waals surface area contributed by atoms with Crippen molar-refractivity contribution in [2.24, 2.45) is 0 Å². The van der Waals surface area contributed by atoms with Crippen LogP contribution in [0.5, 0.6) is 0 Å². The number of hydrogen-bond donors (Lipinski definition) is 1. The summed E-state index contributed by atoms with van der Waals surface area (Å²) in [4.78, 5) is 22.5. The first-order chi connectivity index (χ1) is 13.2. The first kappa shape index (κ1) is 19.8. The Bertz CT molecular complexity index is 885. The number of rotatable bonds is 8. The maximum Gasteiger partial charge on any atom is 0.435 e. The smallest absolute Gasteiger partial charge is 0.350 e. The van der Waals surface area contributed by atoms with Crippen LogP contribution in [0.25, 0.3) is 0 Å². The van der Waals surface area contributed by atoms with Crippen molar-refractivity contribution in [1.82, 2.24) is 24.9 Å². The normalized spacial score (nSPS) is 14.3. The number of aromatic nitrogens is 4. The van der Waals surface area contributed by atoms with Gasteiger partial charge in [-0.25, -0.2) is 0 Å². The Hall–Kier alpha value is -2.92. The molecular weight excluding hydrogens is 381 g/mol. The largest absolute Gasteiger partial charge is 0.435 e. The third-order valence-corrected chi connectivity index (χ3v) is 4.41. The summed E-state index contributed by atoms with van der Waals surface area (Å²) in [6.07, 6.45) is -1.32. The average molecular weight is 400 g/mol. The van der Waals surface area contributed by atoms with Crippen LogP contribution in [0.3, 0.4) is 0 Å². The summed E-state index contributed by atoms with van der Waals surface area (Å²) in [7, 11) is 0. The van der Waals surface area contributed by atoms with E-state index >= 15 is 0 Å². The van der Waals surface area contributed by atoms with Gasteiger partial charge in [-0.2, -0.15) is 23.4 Å². The van der Waals surface area contributed by atoms with E-state index in [0.717, 1.165) is 18.9 Å². The lowest BCUT2D eigenvalue weighted by Crippen LogP contribution is -2.26. The van der Waals surface area contributed by atoms with Crippen LogP contribution in [0.15, 0.2) is 12.3 Å². The number of nitrogens with zero attached hydrogens (tertiary/aromatic N) is 5. The molecule has 0 bridgehead atoms. The zero-order valence-corrected chi connectivity index (χ0v) is 15.1. The van der Waals surface area contributed by atoms with Crippen molar-refractivity contribution in [2.75, 3.05) is 6.54 Å². The first-order valence-corrected chi connectivity index (χ1v) is 8.85. The average Bonchev–Trinajstić information content (AvgIpc) is 3.21. The van der Waals surface area contributed by atoms with Crippen molar-refractivity contribution in [2.45, 2.75) is 51.4 Å². The molecule has 1 fully saturated rings. The number of alkyl halides is 3. The third kappa shape index (κ3) is 4.31. The van der Waals surface area contributed by atoms with E-state index in [1.807, 2.05) is 0 Å². The predicted octanol–water partition coefficient (Wildman–Crippen LogP) is 2.72. The van der Waals surface area contributed by atoms with Crippen molar-refractivity contribution in [1.29, 1.82) is 0 Å². The standard InChI is InChI=1S/C16H19F3N6O3/c1-2-23-9-12(25(27)28)14(22-23)15(26)20-6-3-7-24-11(10-4-5-10)8-13(21-24)16(17,18)19/h8-10H,2-7H2,1H3,(H,20,26). The van der Waals surface area contributed by atoms with E-state index in [4.69, 9.17) is 0 Å². The van der Waals surface area contributed by atoms with Gasteiger partial charge in [0.05, 0.1) is 4.92 Å². The van der Waals surface area contributed by atoms with E-state index in [-0.39, 0.29) is 24.7 Å². The Kier molecular flexibility index (Phi) is 5.38. The van der Waals surface area contributed by atoms with Gasteiger partial charge < -0.3 is 5.32 Å². The van der Waals surface area contributed by atoms with Crippen LogP contribution in [0.1, 0.15) is 54.0 Å². The fourth-order valence-electron chi connectivity index (χ4n) is 2.84. The highest BCUT2D eigenvalue weighted by Gasteiger charge is 2.37. The maximum absolute atomic E-state index is 12.9. The van der Waals surface area contributed by atoms with Gasteiger partial charge in [-0.3, -0.25) is 24.3 Å². The summed E-state index contributed by atoms with van der Waals surface area (Å²) >= 11 is 0. The zero-order chi connectivity index (χ0) is 20.5. The Morgan fingerprint density at radius 3 is 2.68 bits per heavy atom. The number of nitro groups is 1. The molecule has 2 heterocycles. The lowest BCUT2D eigenvalue weighted by molar-refractivity contribution is -0.385. The van der Waals surface area contributed by atoms with Crippen molar-refractivity contribution < 1.29 is 22.9 Å². The molecule has 0 saturated heterocycles. The number of halogens is 3. The van der Waals surface area contributed by atoms with Crippen LogP contribution in [0.2, 0.25) is 0 Å². The summed E-state index contributed by atoms with van der Waals surface area (Å²) < 4.78 is 41.3. The number of nitrogens with one attached hydrogen (secondary N) is 1. The highest BCUT2D eigenvalue weighted by atomic mass is 19.4. The topological polar surface area (TPSA) is 108 Å². The second-order valence-electron chi connectivity index (χ2n) is 6.53. The van der Waals surface area contributed by atoms with E-state index < -0.39 is 28.4 Å². The predicted molar refractivity (Wildman–Crippen MR) is 90.7 cm³/mol. The van der Waals surface area contributed by atoms with Crippen molar-refractivity contribution in [3.05, 3.63) is 39.5 Å². The molecule has 0 atom stereocenters. The van der Waals surface area contributed by atoms with Crippen LogP contribution in [-0.2, 0) is 19.3 Å². The van der Waals surface area contributed by atoms with E-state index in [1.165, 1.54) is 15.6 Å². The maximum atomic E-state index is 12.9. The van der Waals surface area contributed by atoms with E-state index in [2.05, 4.69) is 15.5 Å². The quantitative estimate of drug-likeness (QED) is 0.416. The molecule has 1 amide bonds. The molecule has 0 aliphatic heterocycles. The molecule has 1 aliphatic carbocycles. The summed E-state index contributed by atoms with van der Waals surface area (Å²) in [5.74, 6) is -0.600. The molecule has 2 aromatic heterocycles. The Labute approximate surface area is 157 Å².